The molecule has 1 saturated heterocycles. The van der Waals surface area contributed by atoms with E-state index in [-0.39, 0.29) is 41.3 Å². The van der Waals surface area contributed by atoms with E-state index < -0.39 is 6.61 Å². The van der Waals surface area contributed by atoms with E-state index in [0.717, 1.165) is 42.1 Å². The van der Waals surface area contributed by atoms with Crippen LogP contribution in [-0.4, -0.2) is 59.6 Å². The number of rotatable bonds is 13. The number of piperazine rings is 1. The van der Waals surface area contributed by atoms with Crippen molar-refractivity contribution >= 4 is 40.6 Å². The van der Waals surface area contributed by atoms with Crippen LogP contribution < -0.4 is 18.9 Å². The molecule has 0 atom stereocenters. The lowest BCUT2D eigenvalue weighted by Gasteiger charge is -2.34. The Labute approximate surface area is 301 Å². The first kappa shape index (κ1) is 37.6. The van der Waals surface area contributed by atoms with Crippen LogP contribution in [0.4, 0.5) is 8.78 Å². The highest BCUT2D eigenvalue weighted by Crippen LogP contribution is 2.34. The molecule has 1 fully saturated rings. The first-order valence-corrected chi connectivity index (χ1v) is 16.0. The number of ether oxygens (including phenoxy) is 4. The predicted octanol–water partition coefficient (Wildman–Crippen LogP) is 8.74. The third-order valence-corrected chi connectivity index (χ3v) is 7.81. The molecule has 49 heavy (non-hydrogen) atoms. The third kappa shape index (κ3) is 11.4. The molecule has 8 nitrogen and oxygen atoms in total. The van der Waals surface area contributed by atoms with Crippen molar-refractivity contribution in [1.29, 1.82) is 0 Å². The van der Waals surface area contributed by atoms with Crippen LogP contribution in [0.2, 0.25) is 5.02 Å². The molecule has 0 radical (unpaired) electrons. The fourth-order valence-electron chi connectivity index (χ4n) is 5.14. The Morgan fingerprint density at radius 3 is 2.12 bits per heavy atom. The lowest BCUT2D eigenvalue weighted by atomic mass is 10.1. The quantitative estimate of drug-likeness (QED) is 0.126. The van der Waals surface area contributed by atoms with Crippen LogP contribution in [0.1, 0.15) is 36.1 Å². The minimum Gasteiger partial charge on any atom is -0.491 e. The highest BCUT2D eigenvalue weighted by Gasteiger charge is 2.20. The van der Waals surface area contributed by atoms with Gasteiger partial charge >= 0.3 is 6.61 Å². The number of hydrogen-bond donors (Lipinski definition) is 0. The molecule has 0 aliphatic carbocycles. The Balaban J connectivity index is 0.00000541. The number of aromatic nitrogens is 1. The summed E-state index contributed by atoms with van der Waals surface area (Å²) in [6.07, 6.45) is 5.02. The second-order valence-corrected chi connectivity index (χ2v) is 12.0. The van der Waals surface area contributed by atoms with Crippen LogP contribution >= 0.6 is 28.6 Å². The van der Waals surface area contributed by atoms with E-state index in [9.17, 15) is 13.6 Å². The van der Waals surface area contributed by atoms with Crippen molar-refractivity contribution in [3.63, 3.8) is 0 Å². The summed E-state index contributed by atoms with van der Waals surface area (Å²) in [5.74, 6) is 2.21. The normalized spacial score (nSPS) is 13.4. The Morgan fingerprint density at radius 1 is 0.898 bits per heavy atom. The van der Waals surface area contributed by atoms with Crippen molar-refractivity contribution in [3.8, 4) is 28.9 Å². The van der Waals surface area contributed by atoms with Gasteiger partial charge in [0.2, 0.25) is 11.8 Å². The highest BCUT2D eigenvalue weighted by molar-refractivity contribution is 8.93. The maximum atomic E-state index is 12.9. The third-order valence-electron chi connectivity index (χ3n) is 7.53. The number of halogens is 4. The number of carbonyl (C=O) groups excluding carboxylic acids is 1. The zero-order valence-corrected chi connectivity index (χ0v) is 30.0. The average molecular weight is 759 g/mol. The molecule has 1 aliphatic rings. The minimum absolute atomic E-state index is 0. The number of nitrogens with zero attached hydrogens (tertiary/aromatic N) is 3. The Hall–Kier alpha value is -4.19. The van der Waals surface area contributed by atoms with Gasteiger partial charge in [-0.05, 0) is 91.6 Å². The molecular formula is C37H39BrClF2N3O5. The monoisotopic (exact) mass is 757 g/mol. The zero-order valence-electron chi connectivity index (χ0n) is 27.5. The number of alkyl halides is 2. The highest BCUT2D eigenvalue weighted by atomic mass is 79.9. The molecular weight excluding hydrogens is 720 g/mol. The smallest absolute Gasteiger partial charge is 0.387 e. The topological polar surface area (TPSA) is 73.4 Å². The maximum Gasteiger partial charge on any atom is 0.387 e. The number of hydrogen-bond acceptors (Lipinski definition) is 7. The number of carbonyl (C=O) groups is 1. The van der Waals surface area contributed by atoms with Crippen molar-refractivity contribution < 1.29 is 32.5 Å². The molecule has 1 aliphatic heterocycles. The number of benzene rings is 3. The molecule has 2 heterocycles. The summed E-state index contributed by atoms with van der Waals surface area (Å²) < 4.78 is 46.4. The maximum absolute atomic E-state index is 12.9. The fourth-order valence-corrected chi connectivity index (χ4v) is 5.45. The molecule has 0 N–H and O–H groups in total. The van der Waals surface area contributed by atoms with Crippen molar-refractivity contribution in [1.82, 2.24) is 14.8 Å². The fraction of sp³-hybridized carbons (Fsp3) is 0.297. The van der Waals surface area contributed by atoms with Crippen LogP contribution in [0.3, 0.4) is 0 Å². The van der Waals surface area contributed by atoms with Gasteiger partial charge in [-0.15, -0.1) is 17.0 Å². The van der Waals surface area contributed by atoms with E-state index >= 15 is 0 Å². The summed E-state index contributed by atoms with van der Waals surface area (Å²) in [7, 11) is 0. The second-order valence-electron chi connectivity index (χ2n) is 11.6. The minimum atomic E-state index is -2.87. The second kappa shape index (κ2) is 18.0. The van der Waals surface area contributed by atoms with Gasteiger partial charge in [-0.25, -0.2) is 4.98 Å². The van der Waals surface area contributed by atoms with Gasteiger partial charge in [-0.2, -0.15) is 8.78 Å². The molecule has 0 spiro atoms. The Kier molecular flexibility index (Phi) is 13.8. The molecule has 1 aromatic heterocycles. The van der Waals surface area contributed by atoms with Gasteiger partial charge in [0, 0.05) is 44.9 Å². The van der Waals surface area contributed by atoms with Gasteiger partial charge in [-0.1, -0.05) is 35.9 Å². The number of amides is 1. The van der Waals surface area contributed by atoms with Gasteiger partial charge < -0.3 is 23.8 Å². The standard InChI is InChI=1S/C37H38ClF2N3O5.BrH/c1-25(2)46-30-9-4-27(5-10-30)23-42-16-18-43(19-17-42)35(44)15-8-29-20-26(3)36(33(38)21-29)48-34-14-13-32(22-41-34)45-24-28-6-11-31(12-7-28)47-37(39)40;/h4-15,20-22,25,37H,16-19,23-24H2,1-3H3;1H. The molecule has 1 amide bonds. The summed E-state index contributed by atoms with van der Waals surface area (Å²) in [6, 6.07) is 21.4. The summed E-state index contributed by atoms with van der Waals surface area (Å²) in [6.45, 7) is 7.01. The van der Waals surface area contributed by atoms with Crippen molar-refractivity contribution in [3.05, 3.63) is 112 Å². The molecule has 0 bridgehead atoms. The first-order valence-electron chi connectivity index (χ1n) is 15.7. The van der Waals surface area contributed by atoms with E-state index in [1.165, 1.54) is 23.9 Å². The van der Waals surface area contributed by atoms with E-state index in [4.69, 9.17) is 25.8 Å². The van der Waals surface area contributed by atoms with Crippen molar-refractivity contribution in [2.75, 3.05) is 26.2 Å². The molecule has 12 heteroatoms. The molecule has 0 unspecified atom stereocenters. The summed E-state index contributed by atoms with van der Waals surface area (Å²) >= 11 is 6.58. The van der Waals surface area contributed by atoms with Gasteiger partial charge in [-0.3, -0.25) is 9.69 Å². The largest absolute Gasteiger partial charge is 0.491 e. The molecule has 5 rings (SSSR count). The van der Waals surface area contributed by atoms with Gasteiger partial charge in [0.25, 0.3) is 0 Å². The molecule has 260 valence electrons. The average Bonchev–Trinajstić information content (AvgIpc) is 3.06. The Morgan fingerprint density at radius 2 is 1.53 bits per heavy atom. The molecule has 4 aromatic rings. The van der Waals surface area contributed by atoms with E-state index in [1.807, 2.05) is 43.9 Å². The summed E-state index contributed by atoms with van der Waals surface area (Å²) in [5.41, 5.74) is 3.57. The van der Waals surface area contributed by atoms with Crippen molar-refractivity contribution in [2.45, 2.75) is 46.6 Å². The van der Waals surface area contributed by atoms with Crippen molar-refractivity contribution in [2.24, 2.45) is 0 Å². The van der Waals surface area contributed by atoms with E-state index in [1.54, 1.807) is 42.5 Å². The predicted molar refractivity (Wildman–Crippen MR) is 191 cm³/mol. The van der Waals surface area contributed by atoms with E-state index in [2.05, 4.69) is 26.8 Å². The molecule has 0 saturated carbocycles. The number of pyridine rings is 1. The number of aryl methyl sites for hydroxylation is 1. The van der Waals surface area contributed by atoms with E-state index in [0.29, 0.717) is 35.5 Å². The van der Waals surface area contributed by atoms with Gasteiger partial charge in [0.15, 0.2) is 5.75 Å². The summed E-state index contributed by atoms with van der Waals surface area (Å²) in [5, 5.41) is 0.390. The SMILES string of the molecule is Br.Cc1cc(C=CC(=O)N2CCN(Cc3ccc(OC(C)C)cc3)CC2)cc(Cl)c1Oc1ccc(OCc2ccc(OC(F)F)cc2)cn1. The Bertz CT molecular complexity index is 1660. The van der Waals surface area contributed by atoms with Crippen LogP contribution in [-0.2, 0) is 17.9 Å². The lowest BCUT2D eigenvalue weighted by Crippen LogP contribution is -2.47. The first-order chi connectivity index (χ1) is 23.1. The van der Waals surface area contributed by atoms with Crippen LogP contribution in [0.15, 0.2) is 85.1 Å². The van der Waals surface area contributed by atoms with Crippen LogP contribution in [0.5, 0.6) is 28.9 Å². The summed E-state index contributed by atoms with van der Waals surface area (Å²) in [4.78, 5) is 21.5. The van der Waals surface area contributed by atoms with Gasteiger partial charge in [0.05, 0.1) is 17.3 Å². The van der Waals surface area contributed by atoms with Gasteiger partial charge in [0.1, 0.15) is 23.9 Å². The van der Waals surface area contributed by atoms with Crippen LogP contribution in [0.25, 0.3) is 6.08 Å². The lowest BCUT2D eigenvalue weighted by molar-refractivity contribution is -0.127. The molecule has 3 aromatic carbocycles. The van der Waals surface area contributed by atoms with Crippen LogP contribution in [0, 0.1) is 6.92 Å². The zero-order chi connectivity index (χ0) is 34.0.